The van der Waals surface area contributed by atoms with Crippen molar-refractivity contribution < 1.29 is 17.9 Å². The fourth-order valence-electron chi connectivity index (χ4n) is 2.69. The first-order valence-electron chi connectivity index (χ1n) is 8.31. The van der Waals surface area contributed by atoms with Crippen LogP contribution in [0.4, 0.5) is 5.69 Å². The van der Waals surface area contributed by atoms with E-state index in [1.807, 2.05) is 0 Å². The van der Waals surface area contributed by atoms with Crippen LogP contribution in [0.3, 0.4) is 0 Å². The summed E-state index contributed by atoms with van der Waals surface area (Å²) in [4.78, 5) is 24.5. The molecule has 28 heavy (non-hydrogen) atoms. The first kappa shape index (κ1) is 20.8. The van der Waals surface area contributed by atoms with Crippen molar-refractivity contribution in [1.82, 2.24) is 8.87 Å². The van der Waals surface area contributed by atoms with Crippen LogP contribution in [0.1, 0.15) is 0 Å². The smallest absolute Gasteiger partial charge is 0.271 e. The van der Waals surface area contributed by atoms with Crippen molar-refractivity contribution >= 4 is 44.8 Å². The van der Waals surface area contributed by atoms with Crippen molar-refractivity contribution in [3.63, 3.8) is 0 Å². The molecule has 1 N–H and O–H groups in total. The number of halogens is 2. The molecule has 3 rings (SSSR count). The molecule has 0 radical (unpaired) electrons. The summed E-state index contributed by atoms with van der Waals surface area (Å²) >= 11 is 11.7. The lowest BCUT2D eigenvalue weighted by Gasteiger charge is -2.25. The molecule has 1 aromatic carbocycles. The number of ether oxygens (including phenoxy) is 1. The third-order valence-electron chi connectivity index (χ3n) is 4.09. The van der Waals surface area contributed by atoms with Crippen LogP contribution in [0, 0.1) is 0 Å². The SMILES string of the molecule is O=C(Cn1cccc(S(=O)(=O)N2CCOCC2)c1=O)Nc1ccc(Cl)c(Cl)c1. The van der Waals surface area contributed by atoms with Gasteiger partial charge in [0, 0.05) is 25.0 Å². The van der Waals surface area contributed by atoms with Crippen LogP contribution in [0.2, 0.25) is 10.0 Å². The van der Waals surface area contributed by atoms with Gasteiger partial charge in [-0.25, -0.2) is 8.42 Å². The highest BCUT2D eigenvalue weighted by Crippen LogP contribution is 2.25. The Bertz CT molecular complexity index is 1050. The van der Waals surface area contributed by atoms with Gasteiger partial charge in [0.25, 0.3) is 5.56 Å². The van der Waals surface area contributed by atoms with Crippen molar-refractivity contribution in [2.75, 3.05) is 31.6 Å². The number of benzene rings is 1. The van der Waals surface area contributed by atoms with Gasteiger partial charge in [0.05, 0.1) is 23.3 Å². The number of rotatable bonds is 5. The number of aromatic nitrogens is 1. The molecular weight excluding hydrogens is 429 g/mol. The van der Waals surface area contributed by atoms with E-state index in [2.05, 4.69) is 5.32 Å². The second-order valence-corrected chi connectivity index (χ2v) is 8.72. The molecule has 8 nitrogen and oxygen atoms in total. The number of carbonyl (C=O) groups is 1. The van der Waals surface area contributed by atoms with Gasteiger partial charge in [0.2, 0.25) is 15.9 Å². The van der Waals surface area contributed by atoms with Crippen LogP contribution in [-0.4, -0.2) is 49.5 Å². The first-order valence-corrected chi connectivity index (χ1v) is 10.5. The van der Waals surface area contributed by atoms with Crippen molar-refractivity contribution in [3.8, 4) is 0 Å². The Morgan fingerprint density at radius 2 is 1.86 bits per heavy atom. The Morgan fingerprint density at radius 3 is 2.54 bits per heavy atom. The quantitative estimate of drug-likeness (QED) is 0.756. The summed E-state index contributed by atoms with van der Waals surface area (Å²) in [5, 5.41) is 3.21. The predicted molar refractivity (Wildman–Crippen MR) is 105 cm³/mol. The van der Waals surface area contributed by atoms with Crippen LogP contribution in [0.25, 0.3) is 0 Å². The molecule has 0 spiro atoms. The van der Waals surface area contributed by atoms with Crippen LogP contribution in [-0.2, 0) is 26.1 Å². The number of pyridine rings is 1. The molecule has 2 heterocycles. The molecule has 150 valence electrons. The third-order valence-corrected chi connectivity index (χ3v) is 6.74. The van der Waals surface area contributed by atoms with Gasteiger partial charge in [-0.1, -0.05) is 23.2 Å². The van der Waals surface area contributed by atoms with E-state index in [1.54, 1.807) is 6.07 Å². The standard InChI is InChI=1S/C17H17Cl2N3O5S/c18-13-4-3-12(10-14(13)19)20-16(23)11-21-5-1-2-15(17(21)24)28(25,26)22-6-8-27-9-7-22/h1-5,10H,6-9,11H2,(H,20,23). The molecule has 0 saturated carbocycles. The maximum absolute atomic E-state index is 12.7. The Morgan fingerprint density at radius 1 is 1.14 bits per heavy atom. The Balaban J connectivity index is 1.79. The molecule has 1 saturated heterocycles. The van der Waals surface area contributed by atoms with E-state index in [9.17, 15) is 18.0 Å². The van der Waals surface area contributed by atoms with Crippen LogP contribution >= 0.6 is 23.2 Å². The number of amides is 1. The number of anilines is 1. The van der Waals surface area contributed by atoms with Gasteiger partial charge in [-0.15, -0.1) is 0 Å². The van der Waals surface area contributed by atoms with Crippen molar-refractivity contribution in [3.05, 3.63) is 56.9 Å². The van der Waals surface area contributed by atoms with Gasteiger partial charge >= 0.3 is 0 Å². The molecule has 11 heteroatoms. The van der Waals surface area contributed by atoms with E-state index in [0.29, 0.717) is 10.7 Å². The maximum Gasteiger partial charge on any atom is 0.271 e. The number of hydrogen-bond donors (Lipinski definition) is 1. The van der Waals surface area contributed by atoms with Crippen LogP contribution in [0.5, 0.6) is 0 Å². The second kappa shape index (κ2) is 8.62. The van der Waals surface area contributed by atoms with Gasteiger partial charge < -0.3 is 14.6 Å². The highest BCUT2D eigenvalue weighted by molar-refractivity contribution is 7.89. The van der Waals surface area contributed by atoms with Crippen LogP contribution in [0.15, 0.2) is 46.2 Å². The molecule has 0 atom stereocenters. The molecule has 1 aliphatic rings. The topological polar surface area (TPSA) is 97.7 Å². The molecule has 1 aliphatic heterocycles. The van der Waals surface area contributed by atoms with Gasteiger partial charge in [-0.2, -0.15) is 4.31 Å². The van der Waals surface area contributed by atoms with Crippen LogP contribution < -0.4 is 10.9 Å². The lowest BCUT2D eigenvalue weighted by atomic mass is 10.3. The lowest BCUT2D eigenvalue weighted by Crippen LogP contribution is -2.43. The van der Waals surface area contributed by atoms with Crippen molar-refractivity contribution in [2.45, 2.75) is 11.4 Å². The summed E-state index contributed by atoms with van der Waals surface area (Å²) in [6.07, 6.45) is 1.36. The Labute approximate surface area is 171 Å². The van der Waals surface area contributed by atoms with Gasteiger partial charge in [0.1, 0.15) is 11.4 Å². The zero-order valence-electron chi connectivity index (χ0n) is 14.6. The normalized spacial score (nSPS) is 15.4. The summed E-state index contributed by atoms with van der Waals surface area (Å²) in [6, 6.07) is 7.22. The van der Waals surface area contributed by atoms with Gasteiger partial charge in [-0.3, -0.25) is 9.59 Å². The second-order valence-electron chi connectivity index (χ2n) is 6.00. The summed E-state index contributed by atoms with van der Waals surface area (Å²) in [7, 11) is -3.96. The number of morpholine rings is 1. The molecule has 1 amide bonds. The maximum atomic E-state index is 12.7. The molecule has 0 aliphatic carbocycles. The molecule has 1 fully saturated rings. The highest BCUT2D eigenvalue weighted by atomic mass is 35.5. The number of nitrogens with zero attached hydrogens (tertiary/aromatic N) is 2. The monoisotopic (exact) mass is 445 g/mol. The van der Waals surface area contributed by atoms with E-state index < -0.39 is 21.5 Å². The molecular formula is C17H17Cl2N3O5S. The fourth-order valence-corrected chi connectivity index (χ4v) is 4.49. The summed E-state index contributed by atoms with van der Waals surface area (Å²) < 4.78 is 32.9. The summed E-state index contributed by atoms with van der Waals surface area (Å²) in [5.41, 5.74) is -0.358. The zero-order valence-corrected chi connectivity index (χ0v) is 16.9. The van der Waals surface area contributed by atoms with E-state index in [4.69, 9.17) is 27.9 Å². The zero-order chi connectivity index (χ0) is 20.3. The average Bonchev–Trinajstić information content (AvgIpc) is 2.67. The number of hydrogen-bond acceptors (Lipinski definition) is 5. The minimum atomic E-state index is -3.96. The van der Waals surface area contributed by atoms with Gasteiger partial charge in [-0.05, 0) is 30.3 Å². The third kappa shape index (κ3) is 4.56. The fraction of sp³-hybridized carbons (Fsp3) is 0.294. The first-order chi connectivity index (χ1) is 13.3. The number of carbonyl (C=O) groups excluding carboxylic acids is 1. The largest absolute Gasteiger partial charge is 0.379 e. The lowest BCUT2D eigenvalue weighted by molar-refractivity contribution is -0.116. The molecule has 0 unspecified atom stereocenters. The van der Waals surface area contributed by atoms with Crippen molar-refractivity contribution in [2.24, 2.45) is 0 Å². The summed E-state index contributed by atoms with van der Waals surface area (Å²) in [5.74, 6) is -0.513. The average molecular weight is 446 g/mol. The Kier molecular flexibility index (Phi) is 6.41. The molecule has 2 aromatic rings. The predicted octanol–water partition coefficient (Wildman–Crippen LogP) is 1.81. The Hall–Kier alpha value is -1.91. The summed E-state index contributed by atoms with van der Waals surface area (Å²) in [6.45, 7) is 0.535. The number of nitrogens with one attached hydrogen (secondary N) is 1. The number of sulfonamides is 1. The van der Waals surface area contributed by atoms with E-state index in [-0.39, 0.29) is 42.8 Å². The molecule has 1 aromatic heterocycles. The van der Waals surface area contributed by atoms with E-state index in [1.165, 1.54) is 34.8 Å². The van der Waals surface area contributed by atoms with Gasteiger partial charge in [0.15, 0.2) is 0 Å². The van der Waals surface area contributed by atoms with E-state index >= 15 is 0 Å². The van der Waals surface area contributed by atoms with E-state index in [0.717, 1.165) is 4.57 Å². The minimum absolute atomic E-state index is 0.175. The minimum Gasteiger partial charge on any atom is -0.379 e. The molecule has 0 bridgehead atoms. The van der Waals surface area contributed by atoms with Crippen molar-refractivity contribution in [1.29, 1.82) is 0 Å². The highest BCUT2D eigenvalue weighted by Gasteiger charge is 2.29.